The largest absolute Gasteiger partial charge is 0.454 e. The van der Waals surface area contributed by atoms with Gasteiger partial charge in [-0.05, 0) is 54.8 Å². The monoisotopic (exact) mass is 415 g/mol. The van der Waals surface area contributed by atoms with Crippen LogP contribution in [0.2, 0.25) is 0 Å². The minimum absolute atomic E-state index is 0.117. The third kappa shape index (κ3) is 4.25. The molecule has 2 aromatic rings. The maximum atomic E-state index is 12.8. The third-order valence-corrected chi connectivity index (χ3v) is 6.72. The summed E-state index contributed by atoms with van der Waals surface area (Å²) in [4.78, 5) is 12.5. The van der Waals surface area contributed by atoms with Crippen LogP contribution in [0.1, 0.15) is 35.2 Å². The summed E-state index contributed by atoms with van der Waals surface area (Å²) in [5.41, 5.74) is 3.38. The van der Waals surface area contributed by atoms with Gasteiger partial charge >= 0.3 is 0 Å². The Bertz CT molecular complexity index is 1050. The smallest absolute Gasteiger partial charge is 0.271 e. The van der Waals surface area contributed by atoms with Crippen LogP contribution in [-0.4, -0.2) is 44.7 Å². The lowest BCUT2D eigenvalue weighted by Crippen LogP contribution is -2.35. The van der Waals surface area contributed by atoms with Gasteiger partial charge in [-0.1, -0.05) is 12.5 Å². The summed E-state index contributed by atoms with van der Waals surface area (Å²) in [5, 5.41) is 3.94. The maximum Gasteiger partial charge on any atom is 0.271 e. The van der Waals surface area contributed by atoms with Crippen LogP contribution in [0.3, 0.4) is 0 Å². The number of hydrazone groups is 1. The zero-order chi connectivity index (χ0) is 20.3. The van der Waals surface area contributed by atoms with Gasteiger partial charge < -0.3 is 9.47 Å². The van der Waals surface area contributed by atoms with Gasteiger partial charge in [0.2, 0.25) is 16.8 Å². The predicted octanol–water partition coefficient (Wildman–Crippen LogP) is 2.35. The summed E-state index contributed by atoms with van der Waals surface area (Å²) in [6.45, 7) is 1.21. The summed E-state index contributed by atoms with van der Waals surface area (Å²) in [6, 6.07) is 11.3. The van der Waals surface area contributed by atoms with Crippen LogP contribution in [0.5, 0.6) is 11.5 Å². The number of benzene rings is 2. The van der Waals surface area contributed by atoms with E-state index in [1.54, 1.807) is 30.3 Å². The van der Waals surface area contributed by atoms with Crippen LogP contribution in [-0.2, 0) is 10.0 Å². The molecule has 8 nitrogen and oxygen atoms in total. The summed E-state index contributed by atoms with van der Waals surface area (Å²) in [7, 11) is -3.60. The first kappa shape index (κ1) is 19.4. The van der Waals surface area contributed by atoms with E-state index in [0.29, 0.717) is 24.6 Å². The van der Waals surface area contributed by atoms with E-state index in [1.807, 2.05) is 0 Å². The highest BCUT2D eigenvalue weighted by molar-refractivity contribution is 7.89. The number of fused-ring (bicyclic) bond motifs is 1. The molecule has 29 heavy (non-hydrogen) atoms. The average Bonchev–Trinajstić information content (AvgIpc) is 3.22. The number of nitrogens with one attached hydrogen (secondary N) is 1. The number of hydrogen-bond donors (Lipinski definition) is 1. The Kier molecular flexibility index (Phi) is 5.50. The van der Waals surface area contributed by atoms with Crippen molar-refractivity contribution in [3.63, 3.8) is 0 Å². The zero-order valence-corrected chi connectivity index (χ0v) is 16.5. The quantitative estimate of drug-likeness (QED) is 0.597. The summed E-state index contributed by atoms with van der Waals surface area (Å²) < 4.78 is 37.6. The molecule has 1 saturated heterocycles. The minimum Gasteiger partial charge on any atom is -0.454 e. The fourth-order valence-electron chi connectivity index (χ4n) is 3.28. The zero-order valence-electron chi connectivity index (χ0n) is 15.7. The number of rotatable bonds is 5. The molecular weight excluding hydrogens is 394 g/mol. The van der Waals surface area contributed by atoms with Crippen molar-refractivity contribution in [1.29, 1.82) is 0 Å². The van der Waals surface area contributed by atoms with Gasteiger partial charge in [0.25, 0.3) is 5.91 Å². The van der Waals surface area contributed by atoms with Gasteiger partial charge in [-0.2, -0.15) is 9.41 Å². The van der Waals surface area contributed by atoms with E-state index in [1.165, 1.54) is 22.7 Å². The molecule has 0 aromatic heterocycles. The molecule has 0 saturated carbocycles. The molecule has 0 aliphatic carbocycles. The fourth-order valence-corrected chi connectivity index (χ4v) is 4.84. The third-order valence-electron chi connectivity index (χ3n) is 4.83. The van der Waals surface area contributed by atoms with E-state index < -0.39 is 15.9 Å². The van der Waals surface area contributed by atoms with E-state index >= 15 is 0 Å². The molecular formula is C20H21N3O5S. The molecule has 9 heteroatoms. The summed E-state index contributed by atoms with van der Waals surface area (Å²) in [6.07, 6.45) is 4.23. The van der Waals surface area contributed by atoms with Gasteiger partial charge in [0, 0.05) is 18.7 Å². The number of sulfonamides is 1. The summed E-state index contributed by atoms with van der Waals surface area (Å²) >= 11 is 0. The number of amides is 1. The lowest BCUT2D eigenvalue weighted by atomic mass is 10.2. The molecule has 1 N–H and O–H groups in total. The number of carbonyl (C=O) groups is 1. The Morgan fingerprint density at radius 2 is 1.83 bits per heavy atom. The van der Waals surface area contributed by atoms with Crippen molar-refractivity contribution in [3.8, 4) is 11.5 Å². The van der Waals surface area contributed by atoms with Crippen LogP contribution >= 0.6 is 0 Å². The number of nitrogens with zero attached hydrogens (tertiary/aromatic N) is 2. The van der Waals surface area contributed by atoms with Crippen molar-refractivity contribution in [2.45, 2.75) is 24.2 Å². The first-order chi connectivity index (χ1) is 14.0. The minimum atomic E-state index is -3.60. The Morgan fingerprint density at radius 1 is 1.03 bits per heavy atom. The fraction of sp³-hybridized carbons (Fsp3) is 0.300. The van der Waals surface area contributed by atoms with E-state index in [9.17, 15) is 13.2 Å². The Hall–Kier alpha value is -2.91. The Balaban J connectivity index is 1.44. The molecule has 4 rings (SSSR count). The van der Waals surface area contributed by atoms with Crippen molar-refractivity contribution in [2.24, 2.45) is 5.10 Å². The van der Waals surface area contributed by atoms with Crippen molar-refractivity contribution in [2.75, 3.05) is 19.9 Å². The van der Waals surface area contributed by atoms with Crippen LogP contribution in [0, 0.1) is 0 Å². The highest BCUT2D eigenvalue weighted by Gasteiger charge is 2.26. The second-order valence-corrected chi connectivity index (χ2v) is 8.74. The standard InChI is InChI=1S/C20H21N3O5S/c24-20(22-21-13-15-7-8-18-19(11-15)28-14-27-18)16-5-4-6-17(12-16)29(25,26)23-9-2-1-3-10-23/h4-8,11-13H,1-3,9-10,14H2,(H,22,24). The van der Waals surface area contributed by atoms with Gasteiger partial charge in [-0.15, -0.1) is 0 Å². The van der Waals surface area contributed by atoms with Crippen LogP contribution in [0.15, 0.2) is 52.5 Å². The van der Waals surface area contributed by atoms with Crippen molar-refractivity contribution >= 4 is 22.1 Å². The van der Waals surface area contributed by atoms with Gasteiger partial charge in [0.1, 0.15) is 0 Å². The molecule has 1 amide bonds. The lowest BCUT2D eigenvalue weighted by Gasteiger charge is -2.25. The second-order valence-electron chi connectivity index (χ2n) is 6.80. The van der Waals surface area contributed by atoms with Gasteiger partial charge in [0.05, 0.1) is 11.1 Å². The molecule has 0 unspecified atom stereocenters. The summed E-state index contributed by atoms with van der Waals surface area (Å²) in [5.74, 6) is 0.798. The molecule has 2 aromatic carbocycles. The van der Waals surface area contributed by atoms with Gasteiger partial charge in [-0.25, -0.2) is 13.8 Å². The lowest BCUT2D eigenvalue weighted by molar-refractivity contribution is 0.0955. The Morgan fingerprint density at radius 3 is 2.66 bits per heavy atom. The van der Waals surface area contributed by atoms with E-state index in [-0.39, 0.29) is 17.3 Å². The molecule has 152 valence electrons. The van der Waals surface area contributed by atoms with E-state index in [4.69, 9.17) is 9.47 Å². The second kappa shape index (κ2) is 8.22. The number of ether oxygens (including phenoxy) is 2. The number of hydrogen-bond acceptors (Lipinski definition) is 6. The maximum absolute atomic E-state index is 12.8. The SMILES string of the molecule is O=C(NN=Cc1ccc2c(c1)OCO2)c1cccc(S(=O)(=O)N2CCCCC2)c1. The van der Waals surface area contributed by atoms with Crippen molar-refractivity contribution in [1.82, 2.24) is 9.73 Å². The van der Waals surface area contributed by atoms with Crippen molar-refractivity contribution in [3.05, 3.63) is 53.6 Å². The molecule has 0 spiro atoms. The molecule has 0 radical (unpaired) electrons. The van der Waals surface area contributed by atoms with Crippen LogP contribution in [0.4, 0.5) is 0 Å². The van der Waals surface area contributed by atoms with Crippen LogP contribution in [0.25, 0.3) is 0 Å². The molecule has 2 heterocycles. The van der Waals surface area contributed by atoms with E-state index in [0.717, 1.165) is 24.8 Å². The normalized spacial score (nSPS) is 16.8. The Labute approximate surface area is 169 Å². The highest BCUT2D eigenvalue weighted by Crippen LogP contribution is 2.32. The highest BCUT2D eigenvalue weighted by atomic mass is 32.2. The van der Waals surface area contributed by atoms with Gasteiger partial charge in [-0.3, -0.25) is 4.79 Å². The average molecular weight is 415 g/mol. The molecule has 1 fully saturated rings. The number of piperidine rings is 1. The molecule has 2 aliphatic rings. The first-order valence-corrected chi connectivity index (χ1v) is 10.8. The van der Waals surface area contributed by atoms with E-state index in [2.05, 4.69) is 10.5 Å². The van der Waals surface area contributed by atoms with Crippen molar-refractivity contribution < 1.29 is 22.7 Å². The predicted molar refractivity (Wildman–Crippen MR) is 107 cm³/mol. The topological polar surface area (TPSA) is 97.3 Å². The van der Waals surface area contributed by atoms with Gasteiger partial charge in [0.15, 0.2) is 11.5 Å². The molecule has 0 bridgehead atoms. The molecule has 2 aliphatic heterocycles. The first-order valence-electron chi connectivity index (χ1n) is 9.37. The van der Waals surface area contributed by atoms with Crippen LogP contribution < -0.4 is 14.9 Å². The molecule has 0 atom stereocenters. The number of carbonyl (C=O) groups excluding carboxylic acids is 1.